The van der Waals surface area contributed by atoms with Crippen molar-refractivity contribution in [1.82, 2.24) is 9.80 Å². The van der Waals surface area contributed by atoms with Crippen LogP contribution >= 0.6 is 0 Å². The van der Waals surface area contributed by atoms with Gasteiger partial charge < -0.3 is 9.64 Å². The summed E-state index contributed by atoms with van der Waals surface area (Å²) in [6.45, 7) is 7.91. The number of carbonyl (C=O) groups is 2. The van der Waals surface area contributed by atoms with Crippen molar-refractivity contribution in [2.45, 2.75) is 52.0 Å². The molecule has 0 bridgehead atoms. The molecule has 130 valence electrons. The second-order valence-electron chi connectivity index (χ2n) is 7.39. The lowest BCUT2D eigenvalue weighted by Crippen LogP contribution is -2.55. The Labute approximate surface area is 139 Å². The van der Waals surface area contributed by atoms with Crippen LogP contribution in [0, 0.1) is 17.8 Å². The highest BCUT2D eigenvalue weighted by Crippen LogP contribution is 2.39. The average molecular weight is 322 g/mol. The molecule has 5 nitrogen and oxygen atoms in total. The van der Waals surface area contributed by atoms with Crippen LogP contribution in [0.2, 0.25) is 0 Å². The number of nitrogens with zero attached hydrogens (tertiary/aromatic N) is 2. The van der Waals surface area contributed by atoms with E-state index in [1.54, 1.807) is 0 Å². The summed E-state index contributed by atoms with van der Waals surface area (Å²) >= 11 is 0. The Morgan fingerprint density at radius 3 is 2.30 bits per heavy atom. The predicted molar refractivity (Wildman–Crippen MR) is 87.8 cm³/mol. The summed E-state index contributed by atoms with van der Waals surface area (Å²) in [5.41, 5.74) is 0. The van der Waals surface area contributed by atoms with Gasteiger partial charge >= 0.3 is 5.97 Å². The second kappa shape index (κ2) is 7.20. The van der Waals surface area contributed by atoms with Gasteiger partial charge in [0.05, 0.1) is 12.5 Å². The van der Waals surface area contributed by atoms with Gasteiger partial charge in [0.1, 0.15) is 0 Å². The van der Waals surface area contributed by atoms with Crippen LogP contribution in [0.3, 0.4) is 0 Å². The first kappa shape index (κ1) is 16.7. The molecule has 4 unspecified atom stereocenters. The van der Waals surface area contributed by atoms with Crippen molar-refractivity contribution in [3.8, 4) is 0 Å². The molecule has 1 aliphatic heterocycles. The minimum atomic E-state index is -0.0255. The molecule has 3 fully saturated rings. The third-order valence-corrected chi connectivity index (χ3v) is 5.84. The number of amides is 1. The Morgan fingerprint density at radius 2 is 1.70 bits per heavy atom. The molecule has 2 saturated carbocycles. The van der Waals surface area contributed by atoms with Crippen molar-refractivity contribution in [2.24, 2.45) is 17.8 Å². The SMILES string of the molecule is CCOC(=O)C1CCCCC1N1CCN(C(=O)C2CC2C)CC1. The number of piperazine rings is 1. The maximum atomic E-state index is 12.3. The number of hydrogen-bond acceptors (Lipinski definition) is 4. The highest BCUT2D eigenvalue weighted by Gasteiger charge is 2.43. The molecule has 3 rings (SSSR count). The topological polar surface area (TPSA) is 49.9 Å². The maximum absolute atomic E-state index is 12.3. The monoisotopic (exact) mass is 322 g/mol. The van der Waals surface area contributed by atoms with Crippen molar-refractivity contribution < 1.29 is 14.3 Å². The van der Waals surface area contributed by atoms with Gasteiger partial charge in [-0.15, -0.1) is 0 Å². The molecule has 23 heavy (non-hydrogen) atoms. The summed E-state index contributed by atoms with van der Waals surface area (Å²) in [6.07, 6.45) is 5.41. The van der Waals surface area contributed by atoms with Crippen molar-refractivity contribution in [3.05, 3.63) is 0 Å². The minimum Gasteiger partial charge on any atom is -0.466 e. The van der Waals surface area contributed by atoms with E-state index in [0.29, 0.717) is 24.5 Å². The Kier molecular flexibility index (Phi) is 5.24. The van der Waals surface area contributed by atoms with E-state index in [2.05, 4.69) is 11.8 Å². The van der Waals surface area contributed by atoms with Gasteiger partial charge in [0.2, 0.25) is 5.91 Å². The van der Waals surface area contributed by atoms with E-state index in [4.69, 9.17) is 4.74 Å². The zero-order valence-electron chi connectivity index (χ0n) is 14.5. The molecule has 0 aromatic carbocycles. The van der Waals surface area contributed by atoms with E-state index >= 15 is 0 Å². The van der Waals surface area contributed by atoms with Crippen LogP contribution in [0.1, 0.15) is 46.0 Å². The van der Waals surface area contributed by atoms with Gasteiger partial charge in [-0.1, -0.05) is 19.8 Å². The smallest absolute Gasteiger partial charge is 0.310 e. The molecule has 4 atom stereocenters. The number of rotatable bonds is 4. The maximum Gasteiger partial charge on any atom is 0.310 e. The number of esters is 1. The summed E-state index contributed by atoms with van der Waals surface area (Å²) < 4.78 is 5.28. The molecule has 0 N–H and O–H groups in total. The lowest BCUT2D eigenvalue weighted by molar-refractivity contribution is -0.153. The standard InChI is InChI=1S/C18H30N2O3/c1-3-23-18(22)14-6-4-5-7-16(14)19-8-10-20(11-9-19)17(21)15-12-13(15)2/h13-16H,3-12H2,1-2H3. The molecule has 0 radical (unpaired) electrons. The number of hydrogen-bond donors (Lipinski definition) is 0. The molecule has 0 aromatic heterocycles. The number of carbonyl (C=O) groups excluding carboxylic acids is 2. The first-order valence-electron chi connectivity index (χ1n) is 9.31. The summed E-state index contributed by atoms with van der Waals surface area (Å²) in [6, 6.07) is 0.305. The highest BCUT2D eigenvalue weighted by atomic mass is 16.5. The summed E-state index contributed by atoms with van der Waals surface area (Å²) in [4.78, 5) is 29.1. The molecule has 3 aliphatic rings. The van der Waals surface area contributed by atoms with Gasteiger partial charge in [0.25, 0.3) is 0 Å². The van der Waals surface area contributed by atoms with Crippen LogP contribution in [0.4, 0.5) is 0 Å². The van der Waals surface area contributed by atoms with Gasteiger partial charge in [-0.05, 0) is 32.1 Å². The van der Waals surface area contributed by atoms with E-state index in [-0.39, 0.29) is 17.8 Å². The largest absolute Gasteiger partial charge is 0.466 e. The van der Waals surface area contributed by atoms with Gasteiger partial charge in [0.15, 0.2) is 0 Å². The van der Waals surface area contributed by atoms with E-state index in [0.717, 1.165) is 51.9 Å². The summed E-state index contributed by atoms with van der Waals surface area (Å²) in [5, 5.41) is 0. The van der Waals surface area contributed by atoms with Crippen molar-refractivity contribution in [1.29, 1.82) is 0 Å². The third kappa shape index (κ3) is 3.70. The predicted octanol–water partition coefficient (Wildman–Crippen LogP) is 1.91. The van der Waals surface area contributed by atoms with Gasteiger partial charge in [-0.25, -0.2) is 0 Å². The van der Waals surface area contributed by atoms with Crippen molar-refractivity contribution >= 4 is 11.9 Å². The first-order chi connectivity index (χ1) is 11.1. The normalized spacial score (nSPS) is 35.0. The van der Waals surface area contributed by atoms with E-state index in [1.165, 1.54) is 6.42 Å². The summed E-state index contributed by atoms with van der Waals surface area (Å²) in [5.74, 6) is 1.20. The molecule has 0 aromatic rings. The second-order valence-corrected chi connectivity index (χ2v) is 7.39. The van der Waals surface area contributed by atoms with Crippen LogP contribution in [0.15, 0.2) is 0 Å². The van der Waals surface area contributed by atoms with Gasteiger partial charge in [-0.2, -0.15) is 0 Å². The van der Waals surface area contributed by atoms with Crippen LogP contribution in [-0.4, -0.2) is 60.5 Å². The third-order valence-electron chi connectivity index (χ3n) is 5.84. The molecule has 1 saturated heterocycles. The zero-order valence-corrected chi connectivity index (χ0v) is 14.5. The highest BCUT2D eigenvalue weighted by molar-refractivity contribution is 5.81. The summed E-state index contributed by atoms with van der Waals surface area (Å²) in [7, 11) is 0. The van der Waals surface area contributed by atoms with Crippen LogP contribution in [0.25, 0.3) is 0 Å². The molecular weight excluding hydrogens is 292 g/mol. The Balaban J connectivity index is 1.55. The minimum absolute atomic E-state index is 0.0226. The lowest BCUT2D eigenvalue weighted by atomic mass is 9.83. The quantitative estimate of drug-likeness (QED) is 0.742. The van der Waals surface area contributed by atoms with Crippen molar-refractivity contribution in [2.75, 3.05) is 32.8 Å². The Hall–Kier alpha value is -1.10. The fourth-order valence-corrected chi connectivity index (χ4v) is 4.25. The fraction of sp³-hybridized carbons (Fsp3) is 0.889. The first-order valence-corrected chi connectivity index (χ1v) is 9.31. The molecule has 1 amide bonds. The average Bonchev–Trinajstić information content (AvgIpc) is 3.31. The molecule has 2 aliphatic carbocycles. The van der Waals surface area contributed by atoms with Gasteiger partial charge in [-0.3, -0.25) is 14.5 Å². The zero-order chi connectivity index (χ0) is 16.4. The van der Waals surface area contributed by atoms with Crippen molar-refractivity contribution in [3.63, 3.8) is 0 Å². The van der Waals surface area contributed by atoms with E-state index < -0.39 is 0 Å². The lowest BCUT2D eigenvalue weighted by Gasteiger charge is -2.43. The molecule has 0 spiro atoms. The fourth-order valence-electron chi connectivity index (χ4n) is 4.25. The van der Waals surface area contributed by atoms with Crippen LogP contribution in [-0.2, 0) is 14.3 Å². The van der Waals surface area contributed by atoms with E-state index in [9.17, 15) is 9.59 Å². The molecular formula is C18H30N2O3. The van der Waals surface area contributed by atoms with Crippen LogP contribution < -0.4 is 0 Å². The Bertz CT molecular complexity index is 446. The van der Waals surface area contributed by atoms with Gasteiger partial charge in [0, 0.05) is 38.1 Å². The number of ether oxygens (including phenoxy) is 1. The Morgan fingerprint density at radius 1 is 1.04 bits per heavy atom. The molecule has 5 heteroatoms. The van der Waals surface area contributed by atoms with Crippen LogP contribution in [0.5, 0.6) is 0 Å². The molecule has 1 heterocycles. The van der Waals surface area contributed by atoms with E-state index in [1.807, 2.05) is 11.8 Å².